The Kier molecular flexibility index (Phi) is 3.41. The average molecular weight is 315 g/mol. The zero-order chi connectivity index (χ0) is 15.6. The van der Waals surface area contributed by atoms with Crippen LogP contribution in [-0.4, -0.2) is 14.5 Å². The van der Waals surface area contributed by atoms with Gasteiger partial charge >= 0.3 is 0 Å². The average Bonchev–Trinajstić information content (AvgIpc) is 3.20. The van der Waals surface area contributed by atoms with Crippen molar-refractivity contribution in [2.24, 2.45) is 0 Å². The second kappa shape index (κ2) is 5.71. The van der Waals surface area contributed by atoms with E-state index in [1.54, 1.807) is 17.5 Å². The van der Waals surface area contributed by atoms with Gasteiger partial charge in [0.2, 0.25) is 0 Å². The Balaban J connectivity index is 1.65. The zero-order valence-corrected chi connectivity index (χ0v) is 13.3. The number of nitrogens with zero attached hydrogens (tertiary/aromatic N) is 3. The van der Waals surface area contributed by atoms with Gasteiger partial charge < -0.3 is 4.57 Å². The number of pyridine rings is 1. The number of hydrogen-bond donors (Lipinski definition) is 0. The highest BCUT2D eigenvalue weighted by Gasteiger charge is 2.03. The molecule has 0 aliphatic heterocycles. The van der Waals surface area contributed by atoms with E-state index in [9.17, 15) is 0 Å². The predicted octanol–water partition coefficient (Wildman–Crippen LogP) is 4.19. The third-order valence-corrected chi connectivity index (χ3v) is 4.32. The summed E-state index contributed by atoms with van der Waals surface area (Å²) >= 11 is 1.61. The maximum atomic E-state index is 4.53. The van der Waals surface area contributed by atoms with Gasteiger partial charge in [-0.1, -0.05) is 24.1 Å². The van der Waals surface area contributed by atoms with Crippen molar-refractivity contribution >= 4 is 22.2 Å². The van der Waals surface area contributed by atoms with E-state index < -0.39 is 0 Å². The summed E-state index contributed by atoms with van der Waals surface area (Å²) in [6.45, 7) is 1.98. The summed E-state index contributed by atoms with van der Waals surface area (Å²) in [4.78, 5) is 8.87. The molecule has 4 heteroatoms. The molecule has 0 spiro atoms. The van der Waals surface area contributed by atoms with Crippen molar-refractivity contribution in [2.45, 2.75) is 6.92 Å². The van der Waals surface area contributed by atoms with Crippen LogP contribution in [0, 0.1) is 18.8 Å². The summed E-state index contributed by atoms with van der Waals surface area (Å²) in [5, 5.41) is 4.20. The fourth-order valence-electron chi connectivity index (χ4n) is 2.44. The van der Waals surface area contributed by atoms with Crippen molar-refractivity contribution in [3.63, 3.8) is 0 Å². The zero-order valence-electron chi connectivity index (χ0n) is 12.5. The Morgan fingerprint density at radius 2 is 1.96 bits per heavy atom. The number of benzene rings is 1. The van der Waals surface area contributed by atoms with Crippen molar-refractivity contribution < 1.29 is 0 Å². The van der Waals surface area contributed by atoms with Gasteiger partial charge in [-0.2, -0.15) is 0 Å². The molecule has 0 fully saturated rings. The first-order valence-corrected chi connectivity index (χ1v) is 8.14. The quantitative estimate of drug-likeness (QED) is 0.493. The van der Waals surface area contributed by atoms with Crippen LogP contribution in [0.25, 0.3) is 16.7 Å². The van der Waals surface area contributed by atoms with Crippen LogP contribution in [0.1, 0.15) is 16.3 Å². The van der Waals surface area contributed by atoms with E-state index in [1.807, 2.05) is 42.8 Å². The minimum Gasteiger partial charge on any atom is -0.301 e. The number of aromatic nitrogens is 3. The minimum atomic E-state index is 0.813. The molecule has 0 saturated heterocycles. The number of rotatable bonds is 1. The molecule has 110 valence electrons. The molecule has 0 aliphatic rings. The number of thiazole rings is 1. The molecule has 0 N–H and O–H groups in total. The van der Waals surface area contributed by atoms with Crippen LogP contribution in [0.2, 0.25) is 0 Å². The largest absolute Gasteiger partial charge is 0.301 e. The first-order valence-electron chi connectivity index (χ1n) is 7.26. The van der Waals surface area contributed by atoms with E-state index >= 15 is 0 Å². The van der Waals surface area contributed by atoms with Gasteiger partial charge in [-0.05, 0) is 42.5 Å². The normalized spacial score (nSPS) is 10.5. The third-order valence-electron chi connectivity index (χ3n) is 3.55. The highest BCUT2D eigenvalue weighted by molar-refractivity contribution is 7.09. The maximum absolute atomic E-state index is 4.53. The van der Waals surface area contributed by atoms with Crippen LogP contribution in [0.15, 0.2) is 60.2 Å². The van der Waals surface area contributed by atoms with Gasteiger partial charge in [0.1, 0.15) is 11.5 Å². The summed E-state index contributed by atoms with van der Waals surface area (Å²) < 4.78 is 2.08. The molecule has 0 radical (unpaired) electrons. The Morgan fingerprint density at radius 3 is 2.74 bits per heavy atom. The SMILES string of the molecule is Cc1nc(C#Cc2ccc(-n3ccc4ccccc43)nc2)cs1. The lowest BCUT2D eigenvalue weighted by molar-refractivity contribution is 1.04. The highest BCUT2D eigenvalue weighted by atomic mass is 32.1. The molecule has 4 aromatic rings. The molecule has 0 bridgehead atoms. The van der Waals surface area contributed by atoms with Crippen molar-refractivity contribution in [2.75, 3.05) is 0 Å². The monoisotopic (exact) mass is 315 g/mol. The second-order valence-electron chi connectivity index (χ2n) is 5.15. The van der Waals surface area contributed by atoms with Gasteiger partial charge in [0, 0.05) is 23.3 Å². The molecular weight excluding hydrogens is 302 g/mol. The molecule has 0 atom stereocenters. The predicted molar refractivity (Wildman–Crippen MR) is 93.9 cm³/mol. The Labute approximate surface area is 138 Å². The molecule has 0 aliphatic carbocycles. The fourth-order valence-corrected chi connectivity index (χ4v) is 2.99. The fraction of sp³-hybridized carbons (Fsp3) is 0.0526. The molecule has 0 unspecified atom stereocenters. The topological polar surface area (TPSA) is 30.7 Å². The Morgan fingerprint density at radius 1 is 1.04 bits per heavy atom. The highest BCUT2D eigenvalue weighted by Crippen LogP contribution is 2.18. The third kappa shape index (κ3) is 2.75. The van der Waals surface area contributed by atoms with Gasteiger partial charge in [-0.25, -0.2) is 9.97 Å². The van der Waals surface area contributed by atoms with E-state index in [4.69, 9.17) is 0 Å². The summed E-state index contributed by atoms with van der Waals surface area (Å²) in [6.07, 6.45) is 3.84. The van der Waals surface area contributed by atoms with E-state index in [0.717, 1.165) is 27.6 Å². The number of fused-ring (bicyclic) bond motifs is 1. The molecule has 23 heavy (non-hydrogen) atoms. The lowest BCUT2D eigenvalue weighted by Gasteiger charge is -2.04. The summed E-state index contributed by atoms with van der Waals surface area (Å²) in [7, 11) is 0. The van der Waals surface area contributed by atoms with Crippen LogP contribution >= 0.6 is 11.3 Å². The van der Waals surface area contributed by atoms with Gasteiger partial charge in [-0.3, -0.25) is 0 Å². The summed E-state index contributed by atoms with van der Waals surface area (Å²) in [6, 6.07) is 14.3. The van der Waals surface area contributed by atoms with Crippen LogP contribution in [-0.2, 0) is 0 Å². The Hall–Kier alpha value is -2.90. The van der Waals surface area contributed by atoms with Gasteiger partial charge in [0.25, 0.3) is 0 Å². The van der Waals surface area contributed by atoms with Crippen LogP contribution in [0.4, 0.5) is 0 Å². The van der Waals surface area contributed by atoms with E-state index in [-0.39, 0.29) is 0 Å². The van der Waals surface area contributed by atoms with Crippen molar-refractivity contribution in [1.29, 1.82) is 0 Å². The molecule has 3 nitrogen and oxygen atoms in total. The van der Waals surface area contributed by atoms with Gasteiger partial charge in [0.05, 0.1) is 10.5 Å². The number of hydrogen-bond acceptors (Lipinski definition) is 3. The lowest BCUT2D eigenvalue weighted by atomic mass is 10.2. The molecule has 1 aromatic carbocycles. The number of aryl methyl sites for hydroxylation is 1. The van der Waals surface area contributed by atoms with E-state index in [2.05, 4.69) is 44.6 Å². The smallest absolute Gasteiger partial charge is 0.137 e. The van der Waals surface area contributed by atoms with Crippen molar-refractivity contribution in [3.8, 4) is 17.7 Å². The minimum absolute atomic E-state index is 0.813. The van der Waals surface area contributed by atoms with Crippen LogP contribution < -0.4 is 0 Å². The molecular formula is C19H13N3S. The second-order valence-corrected chi connectivity index (χ2v) is 6.21. The molecule has 0 amide bonds. The Bertz CT molecular complexity index is 1030. The van der Waals surface area contributed by atoms with Gasteiger partial charge in [0.15, 0.2) is 0 Å². The molecule has 3 heterocycles. The van der Waals surface area contributed by atoms with Crippen molar-refractivity contribution in [3.05, 3.63) is 76.5 Å². The lowest BCUT2D eigenvalue weighted by Crippen LogP contribution is -1.95. The van der Waals surface area contributed by atoms with Gasteiger partial charge in [-0.15, -0.1) is 11.3 Å². The molecule has 0 saturated carbocycles. The first kappa shape index (κ1) is 13.7. The van der Waals surface area contributed by atoms with E-state index in [0.29, 0.717) is 0 Å². The van der Waals surface area contributed by atoms with Crippen molar-refractivity contribution in [1.82, 2.24) is 14.5 Å². The molecule has 3 aromatic heterocycles. The van der Waals surface area contributed by atoms with Crippen LogP contribution in [0.5, 0.6) is 0 Å². The standard InChI is InChI=1S/C19H13N3S/c1-14-21-17(13-23-14)8-6-15-7-9-19(20-12-15)22-11-10-16-4-2-3-5-18(16)22/h2-5,7,9-13H,1H3. The summed E-state index contributed by atoms with van der Waals surface area (Å²) in [5.74, 6) is 7.06. The maximum Gasteiger partial charge on any atom is 0.137 e. The molecule has 4 rings (SSSR count). The first-order chi connectivity index (χ1) is 11.3. The number of para-hydroxylation sites is 1. The van der Waals surface area contributed by atoms with Crippen LogP contribution in [0.3, 0.4) is 0 Å². The summed E-state index contributed by atoms with van der Waals surface area (Å²) in [5.41, 5.74) is 2.85. The van der Waals surface area contributed by atoms with E-state index in [1.165, 1.54) is 5.39 Å².